The van der Waals surface area contributed by atoms with Gasteiger partial charge in [0.05, 0.1) is 15.8 Å². The molecule has 0 amide bonds. The summed E-state index contributed by atoms with van der Waals surface area (Å²) in [6, 6.07) is 3.62. The number of aromatic amines is 2. The molecule has 0 saturated carbocycles. The van der Waals surface area contributed by atoms with Crippen LogP contribution in [0.5, 0.6) is 0 Å². The van der Waals surface area contributed by atoms with Crippen LogP contribution in [-0.2, 0) is 10.0 Å². The molecule has 7 nitrogen and oxygen atoms in total. The minimum absolute atomic E-state index is 0.125. The first kappa shape index (κ1) is 10.6. The van der Waals surface area contributed by atoms with Crippen LogP contribution in [0, 0.1) is 0 Å². The van der Waals surface area contributed by atoms with Crippen molar-refractivity contribution in [2.45, 2.75) is 4.90 Å². The second-order valence-electron chi connectivity index (χ2n) is 3.16. The van der Waals surface area contributed by atoms with Crippen molar-refractivity contribution >= 4 is 20.9 Å². The van der Waals surface area contributed by atoms with E-state index in [2.05, 4.69) is 4.98 Å². The number of nitrogens with two attached hydrogens (primary N) is 1. The number of hydrogen-bond acceptors (Lipinski definition) is 4. The normalized spacial score (nSPS) is 11.8. The summed E-state index contributed by atoms with van der Waals surface area (Å²) in [5.74, 6) is 0. The number of benzene rings is 1. The lowest BCUT2D eigenvalue weighted by Crippen LogP contribution is -2.22. The van der Waals surface area contributed by atoms with Crippen molar-refractivity contribution in [3.05, 3.63) is 39.0 Å². The molecule has 0 fully saturated rings. The molecule has 1 aromatic carbocycles. The van der Waals surface area contributed by atoms with Gasteiger partial charge in [0.1, 0.15) is 0 Å². The number of rotatable bonds is 1. The first-order valence-corrected chi connectivity index (χ1v) is 5.72. The lowest BCUT2D eigenvalue weighted by atomic mass is 10.2. The Balaban J connectivity index is 2.92. The molecule has 2 rings (SSSR count). The number of nitrogens with one attached hydrogen (secondary N) is 2. The van der Waals surface area contributed by atoms with Gasteiger partial charge in [-0.1, -0.05) is 0 Å². The Morgan fingerprint density at radius 1 is 1.12 bits per heavy atom. The van der Waals surface area contributed by atoms with Crippen molar-refractivity contribution in [3.63, 3.8) is 0 Å². The van der Waals surface area contributed by atoms with Crippen molar-refractivity contribution in [3.8, 4) is 0 Å². The molecule has 0 atom stereocenters. The topological polar surface area (TPSA) is 126 Å². The van der Waals surface area contributed by atoms with Crippen molar-refractivity contribution in [2.24, 2.45) is 5.14 Å². The zero-order valence-electron chi connectivity index (χ0n) is 7.85. The summed E-state index contributed by atoms with van der Waals surface area (Å²) in [7, 11) is -3.85. The zero-order valence-corrected chi connectivity index (χ0v) is 8.67. The van der Waals surface area contributed by atoms with E-state index < -0.39 is 21.3 Å². The molecular formula is C8H7N3O4S. The highest BCUT2D eigenvalue weighted by Crippen LogP contribution is 2.11. The summed E-state index contributed by atoms with van der Waals surface area (Å²) < 4.78 is 22.1. The average molecular weight is 241 g/mol. The number of fused-ring (bicyclic) bond motifs is 1. The lowest BCUT2D eigenvalue weighted by molar-refractivity contribution is 0.598. The van der Waals surface area contributed by atoms with Gasteiger partial charge in [0.2, 0.25) is 10.0 Å². The quantitative estimate of drug-likeness (QED) is 0.583. The maximum atomic E-state index is 11.3. The van der Waals surface area contributed by atoms with Gasteiger partial charge in [-0.2, -0.15) is 0 Å². The Kier molecular flexibility index (Phi) is 2.17. The monoisotopic (exact) mass is 241 g/mol. The Morgan fingerprint density at radius 3 is 2.44 bits per heavy atom. The predicted octanol–water partition coefficient (Wildman–Crippen LogP) is -1.14. The molecule has 0 aliphatic rings. The highest BCUT2D eigenvalue weighted by atomic mass is 32.2. The van der Waals surface area contributed by atoms with Crippen molar-refractivity contribution in [1.29, 1.82) is 0 Å². The van der Waals surface area contributed by atoms with Gasteiger partial charge in [-0.15, -0.1) is 0 Å². The van der Waals surface area contributed by atoms with Gasteiger partial charge < -0.3 is 4.98 Å². The van der Waals surface area contributed by atoms with Gasteiger partial charge in [-0.3, -0.25) is 9.78 Å². The van der Waals surface area contributed by atoms with Crippen LogP contribution in [-0.4, -0.2) is 18.4 Å². The first-order chi connectivity index (χ1) is 7.38. The molecule has 4 N–H and O–H groups in total. The van der Waals surface area contributed by atoms with Crippen LogP contribution in [0.3, 0.4) is 0 Å². The largest absolute Gasteiger partial charge is 0.326 e. The highest BCUT2D eigenvalue weighted by molar-refractivity contribution is 7.89. The van der Waals surface area contributed by atoms with Gasteiger partial charge in [0.15, 0.2) is 0 Å². The molecule has 0 radical (unpaired) electrons. The second kappa shape index (κ2) is 3.29. The van der Waals surface area contributed by atoms with Crippen LogP contribution in [0.1, 0.15) is 0 Å². The summed E-state index contributed by atoms with van der Waals surface area (Å²) in [5, 5.41) is 5.11. The fraction of sp³-hybridized carbons (Fsp3) is 0. The van der Waals surface area contributed by atoms with Gasteiger partial charge in [0.25, 0.3) is 5.56 Å². The zero-order chi connectivity index (χ0) is 11.9. The lowest BCUT2D eigenvalue weighted by Gasteiger charge is -2.00. The van der Waals surface area contributed by atoms with Gasteiger partial charge in [-0.05, 0) is 18.2 Å². The van der Waals surface area contributed by atoms with E-state index in [0.29, 0.717) is 0 Å². The minimum atomic E-state index is -3.85. The maximum Gasteiger partial charge on any atom is 0.326 e. The average Bonchev–Trinajstić information content (AvgIpc) is 2.15. The fourth-order valence-electron chi connectivity index (χ4n) is 1.33. The maximum absolute atomic E-state index is 11.3. The summed E-state index contributed by atoms with van der Waals surface area (Å²) in [5.41, 5.74) is -1.16. The van der Waals surface area contributed by atoms with Crippen LogP contribution in [0.4, 0.5) is 0 Å². The van der Waals surface area contributed by atoms with Crippen LogP contribution < -0.4 is 16.4 Å². The van der Waals surface area contributed by atoms with Crippen LogP contribution in [0.15, 0.2) is 32.7 Å². The number of sulfonamides is 1. The molecular weight excluding hydrogens is 234 g/mol. The molecule has 0 bridgehead atoms. The third-order valence-electron chi connectivity index (χ3n) is 2.04. The number of H-pyrrole nitrogens is 2. The predicted molar refractivity (Wildman–Crippen MR) is 56.6 cm³/mol. The molecule has 0 saturated heterocycles. The molecule has 0 spiro atoms. The Morgan fingerprint density at radius 2 is 1.81 bits per heavy atom. The molecule has 8 heteroatoms. The third kappa shape index (κ3) is 1.75. The molecule has 1 heterocycles. The van der Waals surface area contributed by atoms with E-state index >= 15 is 0 Å². The highest BCUT2D eigenvalue weighted by Gasteiger charge is 2.09. The Bertz CT molecular complexity index is 772. The van der Waals surface area contributed by atoms with Crippen molar-refractivity contribution in [1.82, 2.24) is 9.97 Å². The van der Waals surface area contributed by atoms with Gasteiger partial charge >= 0.3 is 5.69 Å². The standard InChI is InChI=1S/C8H7N3O4S/c9-16(14,15)4-1-2-5-6(3-4)10-8(13)11-7(5)12/h1-3H,(H2,9,14,15)(H2,10,11,12,13). The molecule has 0 unspecified atom stereocenters. The fourth-order valence-corrected chi connectivity index (χ4v) is 1.87. The number of primary sulfonamides is 1. The number of aromatic nitrogens is 2. The summed E-state index contributed by atoms with van der Waals surface area (Å²) in [4.78, 5) is 26.4. The molecule has 1 aromatic heterocycles. The van der Waals surface area contributed by atoms with Gasteiger partial charge in [-0.25, -0.2) is 18.4 Å². The first-order valence-electron chi connectivity index (χ1n) is 4.17. The van der Waals surface area contributed by atoms with Gasteiger partial charge in [0, 0.05) is 0 Å². The van der Waals surface area contributed by atoms with E-state index in [1.807, 2.05) is 4.98 Å². The van der Waals surface area contributed by atoms with E-state index in [9.17, 15) is 18.0 Å². The van der Waals surface area contributed by atoms with Crippen molar-refractivity contribution in [2.75, 3.05) is 0 Å². The minimum Gasteiger partial charge on any atom is -0.307 e. The molecule has 2 aromatic rings. The molecule has 0 aliphatic heterocycles. The smallest absolute Gasteiger partial charge is 0.307 e. The third-order valence-corrected chi connectivity index (χ3v) is 2.95. The Labute approximate surface area is 89.0 Å². The van der Waals surface area contributed by atoms with Crippen LogP contribution >= 0.6 is 0 Å². The summed E-state index contributed by atoms with van der Waals surface area (Å²) in [6.07, 6.45) is 0. The Hall–Kier alpha value is -1.93. The molecule has 16 heavy (non-hydrogen) atoms. The summed E-state index contributed by atoms with van der Waals surface area (Å²) >= 11 is 0. The van der Waals surface area contributed by atoms with Crippen molar-refractivity contribution < 1.29 is 8.42 Å². The molecule has 0 aliphatic carbocycles. The van der Waals surface area contributed by atoms with E-state index in [-0.39, 0.29) is 15.8 Å². The molecule has 84 valence electrons. The van der Waals surface area contributed by atoms with Crippen LogP contribution in [0.25, 0.3) is 10.9 Å². The van der Waals surface area contributed by atoms with Crippen LogP contribution in [0.2, 0.25) is 0 Å². The second-order valence-corrected chi connectivity index (χ2v) is 4.72. The van der Waals surface area contributed by atoms with E-state index in [1.54, 1.807) is 0 Å². The number of hydrogen-bond donors (Lipinski definition) is 3. The van der Waals surface area contributed by atoms with E-state index in [4.69, 9.17) is 5.14 Å². The SMILES string of the molecule is NS(=O)(=O)c1ccc2c(=O)[nH]c(=O)[nH]c2c1. The van der Waals surface area contributed by atoms with E-state index in [0.717, 1.165) is 6.07 Å². The summed E-state index contributed by atoms with van der Waals surface area (Å²) in [6.45, 7) is 0. The van der Waals surface area contributed by atoms with E-state index in [1.165, 1.54) is 12.1 Å².